The highest BCUT2D eigenvalue weighted by Crippen LogP contribution is 2.32. The lowest BCUT2D eigenvalue weighted by molar-refractivity contribution is 0.0211. The number of pyridine rings is 1. The topological polar surface area (TPSA) is 58.4 Å². The van der Waals surface area contributed by atoms with Gasteiger partial charge in [-0.15, -0.1) is 0 Å². The molecule has 5 heteroatoms. The summed E-state index contributed by atoms with van der Waals surface area (Å²) in [6.07, 6.45) is 4.06. The van der Waals surface area contributed by atoms with Crippen LogP contribution in [0.3, 0.4) is 0 Å². The van der Waals surface area contributed by atoms with Gasteiger partial charge in [0.2, 0.25) is 0 Å². The molecule has 2 unspecified atom stereocenters. The van der Waals surface area contributed by atoms with E-state index in [1.807, 2.05) is 18.2 Å². The maximum atomic E-state index is 12.5. The van der Waals surface area contributed by atoms with Gasteiger partial charge in [0.05, 0.1) is 0 Å². The van der Waals surface area contributed by atoms with Crippen molar-refractivity contribution in [2.75, 3.05) is 13.1 Å². The van der Waals surface area contributed by atoms with Crippen LogP contribution in [0, 0.1) is 5.92 Å². The van der Waals surface area contributed by atoms with Gasteiger partial charge in [0.15, 0.2) is 11.5 Å². The molecule has 0 radical (unpaired) electrons. The molecular weight excluding hydrogens is 290 g/mol. The van der Waals surface area contributed by atoms with Gasteiger partial charge in [-0.3, -0.25) is 14.7 Å². The fourth-order valence-electron chi connectivity index (χ4n) is 3.87. The van der Waals surface area contributed by atoms with Crippen LogP contribution in [0.1, 0.15) is 30.3 Å². The summed E-state index contributed by atoms with van der Waals surface area (Å²) in [6.45, 7) is 4.52. The number of hydrogen-bond acceptors (Lipinski definition) is 4. The van der Waals surface area contributed by atoms with Gasteiger partial charge in [-0.05, 0) is 63.0 Å². The summed E-state index contributed by atoms with van der Waals surface area (Å²) in [6, 6.07) is 9.78. The van der Waals surface area contributed by atoms with E-state index < -0.39 is 0 Å². The molecule has 2 atom stereocenters. The third kappa shape index (κ3) is 2.65. The molecule has 1 amide bonds. The number of piperidine rings is 3. The molecule has 0 saturated carbocycles. The maximum Gasteiger partial charge on any atom is 0.287 e. The van der Waals surface area contributed by atoms with Crippen LogP contribution in [0.5, 0.6) is 0 Å². The molecule has 2 aromatic rings. The average Bonchev–Trinajstić information content (AvgIpc) is 3.09. The van der Waals surface area contributed by atoms with E-state index in [0.717, 1.165) is 18.8 Å². The summed E-state index contributed by atoms with van der Waals surface area (Å²) < 4.78 is 5.70. The lowest BCUT2D eigenvalue weighted by Gasteiger charge is -2.49. The van der Waals surface area contributed by atoms with Crippen molar-refractivity contribution in [1.82, 2.24) is 15.2 Å². The third-order valence-electron chi connectivity index (χ3n) is 5.22. The number of carbonyl (C=O) groups is 1. The second-order valence-electron chi connectivity index (χ2n) is 6.49. The molecule has 3 fully saturated rings. The summed E-state index contributed by atoms with van der Waals surface area (Å²) in [5, 5.41) is 3.19. The lowest BCUT2D eigenvalue weighted by atomic mass is 9.79. The monoisotopic (exact) mass is 311 g/mol. The zero-order valence-electron chi connectivity index (χ0n) is 13.2. The van der Waals surface area contributed by atoms with Crippen molar-refractivity contribution in [3.8, 4) is 11.5 Å². The normalized spacial score (nSPS) is 29.4. The highest BCUT2D eigenvalue weighted by Gasteiger charge is 2.40. The number of amides is 1. The smallest absolute Gasteiger partial charge is 0.287 e. The molecule has 3 aliphatic heterocycles. The summed E-state index contributed by atoms with van der Waals surface area (Å²) in [5.74, 6) is 1.44. The van der Waals surface area contributed by atoms with Gasteiger partial charge in [0.1, 0.15) is 5.69 Å². The molecule has 2 aromatic heterocycles. The number of carbonyl (C=O) groups excluding carboxylic acids is 1. The van der Waals surface area contributed by atoms with Gasteiger partial charge in [-0.1, -0.05) is 6.07 Å². The maximum absolute atomic E-state index is 12.5. The quantitative estimate of drug-likeness (QED) is 0.946. The van der Waals surface area contributed by atoms with Crippen molar-refractivity contribution < 1.29 is 9.21 Å². The van der Waals surface area contributed by atoms with Crippen molar-refractivity contribution in [1.29, 1.82) is 0 Å². The first-order valence-electron chi connectivity index (χ1n) is 8.28. The van der Waals surface area contributed by atoms with Gasteiger partial charge in [-0.25, -0.2) is 0 Å². The van der Waals surface area contributed by atoms with Gasteiger partial charge in [0, 0.05) is 18.3 Å². The van der Waals surface area contributed by atoms with E-state index in [1.54, 1.807) is 18.3 Å². The van der Waals surface area contributed by atoms with E-state index in [9.17, 15) is 4.79 Å². The molecule has 5 rings (SSSR count). The first-order valence-corrected chi connectivity index (χ1v) is 8.28. The van der Waals surface area contributed by atoms with Crippen LogP contribution >= 0.6 is 0 Å². The van der Waals surface area contributed by atoms with Crippen LogP contribution < -0.4 is 5.32 Å². The molecule has 1 N–H and O–H groups in total. The number of hydrogen-bond donors (Lipinski definition) is 1. The molecular formula is C18H21N3O2. The minimum Gasteiger partial charge on any atom is -0.449 e. The Balaban J connectivity index is 1.49. The van der Waals surface area contributed by atoms with E-state index in [2.05, 4.69) is 22.1 Å². The van der Waals surface area contributed by atoms with E-state index >= 15 is 0 Å². The van der Waals surface area contributed by atoms with Crippen LogP contribution in [-0.2, 0) is 0 Å². The average molecular weight is 311 g/mol. The summed E-state index contributed by atoms with van der Waals surface area (Å²) in [7, 11) is 0. The number of nitrogens with zero attached hydrogens (tertiary/aromatic N) is 2. The fourth-order valence-corrected chi connectivity index (χ4v) is 3.87. The van der Waals surface area contributed by atoms with Crippen molar-refractivity contribution >= 4 is 5.91 Å². The number of furan rings is 1. The first-order chi connectivity index (χ1) is 11.2. The highest BCUT2D eigenvalue weighted by molar-refractivity contribution is 5.92. The zero-order chi connectivity index (χ0) is 15.8. The van der Waals surface area contributed by atoms with Crippen molar-refractivity contribution in [2.24, 2.45) is 5.92 Å². The molecule has 0 aromatic carbocycles. The SMILES string of the molecule is CC1C(NC(=O)c2ccc(-c3ccccn3)o2)C2CCN1CC2. The van der Waals surface area contributed by atoms with E-state index in [1.165, 1.54) is 12.8 Å². The Morgan fingerprint density at radius 3 is 2.78 bits per heavy atom. The predicted molar refractivity (Wildman–Crippen MR) is 87.0 cm³/mol. The number of fused-ring (bicyclic) bond motifs is 3. The molecule has 120 valence electrons. The molecule has 23 heavy (non-hydrogen) atoms. The second-order valence-corrected chi connectivity index (χ2v) is 6.49. The zero-order valence-corrected chi connectivity index (χ0v) is 13.2. The van der Waals surface area contributed by atoms with Crippen molar-refractivity contribution in [3.05, 3.63) is 42.3 Å². The van der Waals surface area contributed by atoms with E-state index in [0.29, 0.717) is 23.5 Å². The Kier molecular flexibility index (Phi) is 3.65. The third-order valence-corrected chi connectivity index (χ3v) is 5.22. The van der Waals surface area contributed by atoms with Crippen molar-refractivity contribution in [2.45, 2.75) is 31.8 Å². The van der Waals surface area contributed by atoms with Crippen LogP contribution in [0.4, 0.5) is 0 Å². The molecule has 0 spiro atoms. The summed E-state index contributed by atoms with van der Waals surface area (Å²) >= 11 is 0. The number of aromatic nitrogens is 1. The van der Waals surface area contributed by atoms with Gasteiger partial charge < -0.3 is 9.73 Å². The lowest BCUT2D eigenvalue weighted by Crippen LogP contribution is -2.62. The molecule has 3 aliphatic rings. The van der Waals surface area contributed by atoms with Crippen molar-refractivity contribution in [3.63, 3.8) is 0 Å². The Morgan fingerprint density at radius 1 is 1.26 bits per heavy atom. The second kappa shape index (κ2) is 5.81. The first kappa shape index (κ1) is 14.5. The Hall–Kier alpha value is -2.14. The van der Waals surface area contributed by atoms with Gasteiger partial charge in [-0.2, -0.15) is 0 Å². The Bertz CT molecular complexity index is 687. The number of nitrogens with one attached hydrogen (secondary N) is 1. The van der Waals surface area contributed by atoms with Gasteiger partial charge in [0.25, 0.3) is 5.91 Å². The summed E-state index contributed by atoms with van der Waals surface area (Å²) in [5.41, 5.74) is 0.739. The van der Waals surface area contributed by atoms with Gasteiger partial charge >= 0.3 is 0 Å². The molecule has 3 saturated heterocycles. The highest BCUT2D eigenvalue weighted by atomic mass is 16.4. The summed E-state index contributed by atoms with van der Waals surface area (Å²) in [4.78, 5) is 19.2. The fraction of sp³-hybridized carbons (Fsp3) is 0.444. The predicted octanol–water partition coefficient (Wildman–Crippen LogP) is 2.55. The standard InChI is InChI=1S/C18H21N3O2/c1-12-17(13-7-10-21(12)11-8-13)20-18(22)16-6-5-15(23-16)14-4-2-3-9-19-14/h2-6,9,12-13,17H,7-8,10-11H2,1H3,(H,20,22). The largest absolute Gasteiger partial charge is 0.449 e. The van der Waals surface area contributed by atoms with Crippen LogP contribution in [0.25, 0.3) is 11.5 Å². The Morgan fingerprint density at radius 2 is 2.09 bits per heavy atom. The van der Waals surface area contributed by atoms with E-state index in [4.69, 9.17) is 4.42 Å². The number of rotatable bonds is 3. The van der Waals surface area contributed by atoms with Crippen LogP contribution in [0.15, 0.2) is 40.9 Å². The van der Waals surface area contributed by atoms with Crippen LogP contribution in [-0.4, -0.2) is 41.0 Å². The molecule has 0 aliphatic carbocycles. The minimum atomic E-state index is -0.127. The minimum absolute atomic E-state index is 0.127. The molecule has 5 nitrogen and oxygen atoms in total. The van der Waals surface area contributed by atoms with Crippen LogP contribution in [0.2, 0.25) is 0 Å². The van der Waals surface area contributed by atoms with E-state index in [-0.39, 0.29) is 11.9 Å². The molecule has 2 bridgehead atoms. The Labute approximate surface area is 135 Å². The molecule has 5 heterocycles.